The van der Waals surface area contributed by atoms with Gasteiger partial charge in [0.25, 0.3) is 0 Å². The molecule has 0 amide bonds. The fourth-order valence-electron chi connectivity index (χ4n) is 2.17. The van der Waals surface area contributed by atoms with Crippen molar-refractivity contribution in [2.45, 2.75) is 24.9 Å². The summed E-state index contributed by atoms with van der Waals surface area (Å²) in [6.45, 7) is 0.846. The zero-order chi connectivity index (χ0) is 17.2. The molecule has 3 unspecified atom stereocenters. The molecular weight excluding hydrogens is 304 g/mol. The highest BCUT2D eigenvalue weighted by atomic mass is 16.7. The highest BCUT2D eigenvalue weighted by Crippen LogP contribution is 2.24. The lowest BCUT2D eigenvalue weighted by Gasteiger charge is -2.11. The maximum absolute atomic E-state index is 11.2. The lowest BCUT2D eigenvalue weighted by atomic mass is 10.2. The molecule has 8 heteroatoms. The van der Waals surface area contributed by atoms with E-state index in [2.05, 4.69) is 5.32 Å². The van der Waals surface area contributed by atoms with Gasteiger partial charge >= 0.3 is 5.97 Å². The molecule has 0 saturated carbocycles. The standard InChI is InChI=1S/C9H8O3.C5H12N2O.CH2O2/c1-11-9-7-4-2-6(3-5-7)8(10)12-9;6-2-4-1-5(8)3-7-4;2-1-3/h2-5,9H,1H3;4-5,7-8H,1-3,6H2;1H,(H,2,3)/p-1. The molecule has 4 rings (SSSR count). The van der Waals surface area contributed by atoms with Crippen LogP contribution in [0, 0.1) is 0 Å². The van der Waals surface area contributed by atoms with Crippen LogP contribution in [0.2, 0.25) is 0 Å². The average molecular weight is 325 g/mol. The summed E-state index contributed by atoms with van der Waals surface area (Å²) in [5.41, 5.74) is 6.76. The van der Waals surface area contributed by atoms with Crippen molar-refractivity contribution in [2.24, 2.45) is 5.73 Å². The number of nitrogens with two attached hydrogens (primary N) is 1. The average Bonchev–Trinajstić information content (AvgIpc) is 2.86. The summed E-state index contributed by atoms with van der Waals surface area (Å²) in [5.74, 6) is -0.332. The minimum absolute atomic E-state index is 0.163. The summed E-state index contributed by atoms with van der Waals surface area (Å²) < 4.78 is 9.96. The molecule has 3 heterocycles. The number of esters is 1. The van der Waals surface area contributed by atoms with E-state index in [0.29, 0.717) is 24.7 Å². The monoisotopic (exact) mass is 325 g/mol. The van der Waals surface area contributed by atoms with Crippen LogP contribution in [0.25, 0.3) is 0 Å². The molecular formula is C15H21N2O6-. The molecule has 23 heavy (non-hydrogen) atoms. The number of aliphatic hydroxyl groups is 1. The van der Waals surface area contributed by atoms with Crippen molar-refractivity contribution in [1.82, 2.24) is 5.32 Å². The minimum atomic E-state index is -0.551. The number of rotatable bonds is 2. The molecule has 0 aliphatic carbocycles. The van der Waals surface area contributed by atoms with E-state index in [-0.39, 0.29) is 12.1 Å². The Balaban J connectivity index is 0.000000209. The van der Waals surface area contributed by atoms with E-state index in [1.54, 1.807) is 12.1 Å². The zero-order valence-electron chi connectivity index (χ0n) is 12.8. The van der Waals surface area contributed by atoms with Crippen LogP contribution in [0.1, 0.15) is 28.6 Å². The van der Waals surface area contributed by atoms with Gasteiger partial charge in [-0.15, -0.1) is 0 Å². The van der Waals surface area contributed by atoms with Gasteiger partial charge in [-0.25, -0.2) is 4.79 Å². The largest absolute Gasteiger partial charge is 0.554 e. The summed E-state index contributed by atoms with van der Waals surface area (Å²) in [4.78, 5) is 19.4. The van der Waals surface area contributed by atoms with Gasteiger partial charge in [0.2, 0.25) is 6.29 Å². The second-order valence-corrected chi connectivity index (χ2v) is 4.92. The highest BCUT2D eigenvalue weighted by molar-refractivity contribution is 5.90. The number of carboxylic acid groups (broad SMARTS) is 1. The third kappa shape index (κ3) is 5.95. The van der Waals surface area contributed by atoms with Crippen molar-refractivity contribution in [3.8, 4) is 0 Å². The van der Waals surface area contributed by atoms with E-state index in [1.807, 2.05) is 12.1 Å². The predicted octanol–water partition coefficient (Wildman–Crippen LogP) is -1.46. The Hall–Kier alpha value is -2.00. The maximum atomic E-state index is 11.2. The number of hydrogen-bond acceptors (Lipinski definition) is 8. The van der Waals surface area contributed by atoms with Crippen molar-refractivity contribution < 1.29 is 29.3 Å². The Labute approximate surface area is 134 Å². The van der Waals surface area contributed by atoms with Crippen LogP contribution in [0.4, 0.5) is 0 Å². The molecule has 3 aliphatic rings. The second-order valence-electron chi connectivity index (χ2n) is 4.92. The predicted molar refractivity (Wildman–Crippen MR) is 79.1 cm³/mol. The maximum Gasteiger partial charge on any atom is 0.340 e. The van der Waals surface area contributed by atoms with Gasteiger partial charge < -0.3 is 35.5 Å². The topological polar surface area (TPSA) is 134 Å². The Morgan fingerprint density at radius 2 is 2.09 bits per heavy atom. The third-order valence-electron chi connectivity index (χ3n) is 3.33. The smallest absolute Gasteiger partial charge is 0.340 e. The summed E-state index contributed by atoms with van der Waals surface area (Å²) >= 11 is 0. The van der Waals surface area contributed by atoms with E-state index in [4.69, 9.17) is 30.2 Å². The number of hydrogen-bond donors (Lipinski definition) is 3. The van der Waals surface area contributed by atoms with Crippen LogP contribution in [0.5, 0.6) is 0 Å². The molecule has 4 N–H and O–H groups in total. The number of ether oxygens (including phenoxy) is 2. The number of aliphatic hydroxyl groups excluding tert-OH is 1. The van der Waals surface area contributed by atoms with Crippen molar-refractivity contribution in [3.05, 3.63) is 35.4 Å². The lowest BCUT2D eigenvalue weighted by Crippen LogP contribution is -2.29. The Morgan fingerprint density at radius 1 is 1.48 bits per heavy atom. The van der Waals surface area contributed by atoms with Gasteiger partial charge in [-0.2, -0.15) is 0 Å². The van der Waals surface area contributed by atoms with Gasteiger partial charge in [0.05, 0.1) is 11.7 Å². The number of methoxy groups -OCH3 is 1. The van der Waals surface area contributed by atoms with Gasteiger partial charge in [0.1, 0.15) is 0 Å². The summed E-state index contributed by atoms with van der Waals surface area (Å²) in [6.07, 6.45) is 0.102. The molecule has 3 atom stereocenters. The first-order valence-electron chi connectivity index (χ1n) is 7.06. The summed E-state index contributed by atoms with van der Waals surface area (Å²) in [7, 11) is 1.51. The summed E-state index contributed by atoms with van der Waals surface area (Å²) in [5, 5.41) is 20.2. The molecule has 1 fully saturated rings. The molecule has 1 saturated heterocycles. The van der Waals surface area contributed by atoms with E-state index in [1.165, 1.54) is 7.11 Å². The number of carbonyl (C=O) groups is 2. The van der Waals surface area contributed by atoms with Crippen LogP contribution in [0.15, 0.2) is 24.3 Å². The van der Waals surface area contributed by atoms with E-state index in [0.717, 1.165) is 12.0 Å². The first-order valence-corrected chi connectivity index (χ1v) is 7.06. The Morgan fingerprint density at radius 3 is 2.48 bits per heavy atom. The fourth-order valence-corrected chi connectivity index (χ4v) is 2.17. The van der Waals surface area contributed by atoms with Crippen LogP contribution >= 0.6 is 0 Å². The number of carbonyl (C=O) groups excluding carboxylic acids is 2. The number of nitrogens with one attached hydrogen (secondary N) is 1. The van der Waals surface area contributed by atoms with Gasteiger partial charge in [-0.05, 0) is 18.6 Å². The first-order chi connectivity index (χ1) is 11.0. The Kier molecular flexibility index (Phi) is 8.20. The van der Waals surface area contributed by atoms with E-state index >= 15 is 0 Å². The molecule has 1 aromatic carbocycles. The van der Waals surface area contributed by atoms with Crippen molar-refractivity contribution in [1.29, 1.82) is 0 Å². The summed E-state index contributed by atoms with van der Waals surface area (Å²) in [6, 6.07) is 7.47. The highest BCUT2D eigenvalue weighted by Gasteiger charge is 2.21. The fraction of sp³-hybridized carbons (Fsp3) is 0.467. The normalized spacial score (nSPS) is 24.5. The molecule has 0 spiro atoms. The SMILES string of the molecule is COC1OC(=O)c2ccc1cc2.NCC1CC(O)CN1.O=C[O-]. The quantitative estimate of drug-likeness (QED) is 0.443. The molecule has 128 valence electrons. The molecule has 0 radical (unpaired) electrons. The van der Waals surface area contributed by atoms with E-state index in [9.17, 15) is 4.79 Å². The molecule has 0 aromatic heterocycles. The van der Waals surface area contributed by atoms with Gasteiger partial charge in [0, 0.05) is 38.3 Å². The number of fused-ring (bicyclic) bond motifs is 4. The van der Waals surface area contributed by atoms with Gasteiger partial charge in [-0.3, -0.25) is 0 Å². The van der Waals surface area contributed by atoms with E-state index < -0.39 is 12.8 Å². The molecule has 3 aliphatic heterocycles. The minimum Gasteiger partial charge on any atom is -0.554 e. The zero-order valence-corrected chi connectivity index (χ0v) is 12.8. The second kappa shape index (κ2) is 9.90. The Bertz CT molecular complexity index is 493. The van der Waals surface area contributed by atoms with Crippen LogP contribution < -0.4 is 16.2 Å². The van der Waals surface area contributed by atoms with Crippen molar-refractivity contribution in [2.75, 3.05) is 20.2 Å². The van der Waals surface area contributed by atoms with Gasteiger partial charge in [-0.1, -0.05) is 12.1 Å². The third-order valence-corrected chi connectivity index (χ3v) is 3.33. The van der Waals surface area contributed by atoms with Crippen LogP contribution in [0.3, 0.4) is 0 Å². The first kappa shape index (κ1) is 19.0. The lowest BCUT2D eigenvalue weighted by molar-refractivity contribution is -0.283. The van der Waals surface area contributed by atoms with Crippen molar-refractivity contribution >= 4 is 12.4 Å². The molecule has 8 nitrogen and oxygen atoms in total. The number of β-amino-alcohol motifs (C(OH)–C–C–N with tert-alkyl or cyclic N) is 1. The van der Waals surface area contributed by atoms with Crippen molar-refractivity contribution in [3.63, 3.8) is 0 Å². The molecule has 1 aromatic rings. The molecule has 2 bridgehead atoms. The van der Waals surface area contributed by atoms with Crippen LogP contribution in [-0.4, -0.2) is 49.9 Å². The number of benzene rings is 1. The van der Waals surface area contributed by atoms with Gasteiger partial charge in [0.15, 0.2) is 0 Å². The van der Waals surface area contributed by atoms with Crippen LogP contribution in [-0.2, 0) is 14.3 Å².